The summed E-state index contributed by atoms with van der Waals surface area (Å²) >= 11 is 1.55. The topological polar surface area (TPSA) is 72.5 Å². The van der Waals surface area contributed by atoms with Gasteiger partial charge in [0.15, 0.2) is 11.5 Å². The van der Waals surface area contributed by atoms with Gasteiger partial charge in [0.1, 0.15) is 0 Å². The van der Waals surface area contributed by atoms with Crippen molar-refractivity contribution in [3.63, 3.8) is 0 Å². The van der Waals surface area contributed by atoms with Gasteiger partial charge in [0.2, 0.25) is 0 Å². The van der Waals surface area contributed by atoms with Crippen LogP contribution in [0.15, 0.2) is 35.7 Å². The van der Waals surface area contributed by atoms with E-state index in [2.05, 4.69) is 0 Å². The molecule has 0 spiro atoms. The van der Waals surface area contributed by atoms with Crippen LogP contribution in [0.1, 0.15) is 23.4 Å². The second-order valence-electron chi connectivity index (χ2n) is 3.81. The number of phenols is 1. The third-order valence-corrected chi connectivity index (χ3v) is 3.40. The fraction of sp³-hybridized carbons (Fsp3) is 0.154. The van der Waals surface area contributed by atoms with Gasteiger partial charge in [0.05, 0.1) is 6.04 Å². The standard InChI is InChI=1S/C13H13NO3S.ClH/c1-8(15)17-11-5-4-9(7-10(11)16)13(14)12-3-2-6-18-12;/h2-7,13,16H,14H2,1H3;1H/t13-;/m0./s1. The Hall–Kier alpha value is -1.56. The van der Waals surface area contributed by atoms with Gasteiger partial charge >= 0.3 is 5.97 Å². The zero-order chi connectivity index (χ0) is 13.1. The molecule has 0 unspecified atom stereocenters. The molecule has 0 radical (unpaired) electrons. The molecule has 19 heavy (non-hydrogen) atoms. The minimum atomic E-state index is -0.472. The van der Waals surface area contributed by atoms with Crippen LogP contribution in [-0.4, -0.2) is 11.1 Å². The normalized spacial score (nSPS) is 11.5. The zero-order valence-corrected chi connectivity index (χ0v) is 11.8. The third kappa shape index (κ3) is 3.70. The number of carbonyl (C=O) groups is 1. The van der Waals surface area contributed by atoms with Crippen molar-refractivity contribution in [1.82, 2.24) is 0 Å². The highest BCUT2D eigenvalue weighted by molar-refractivity contribution is 7.10. The highest BCUT2D eigenvalue weighted by atomic mass is 35.5. The summed E-state index contributed by atoms with van der Waals surface area (Å²) in [5.74, 6) is -0.417. The van der Waals surface area contributed by atoms with E-state index in [1.165, 1.54) is 13.0 Å². The van der Waals surface area contributed by atoms with E-state index < -0.39 is 5.97 Å². The average Bonchev–Trinajstić information content (AvgIpc) is 2.84. The quantitative estimate of drug-likeness (QED) is 0.675. The largest absolute Gasteiger partial charge is 0.504 e. The maximum Gasteiger partial charge on any atom is 0.308 e. The van der Waals surface area contributed by atoms with Crippen molar-refractivity contribution in [1.29, 1.82) is 0 Å². The minimum Gasteiger partial charge on any atom is -0.504 e. The Labute approximate surface area is 121 Å². The number of phenolic OH excluding ortho intramolecular Hbond substituents is 1. The van der Waals surface area contributed by atoms with Gasteiger partial charge in [-0.05, 0) is 29.1 Å². The molecule has 0 fully saturated rings. The van der Waals surface area contributed by atoms with Crippen molar-refractivity contribution in [3.05, 3.63) is 46.2 Å². The van der Waals surface area contributed by atoms with Crippen LogP contribution in [0.3, 0.4) is 0 Å². The van der Waals surface area contributed by atoms with Crippen molar-refractivity contribution in [3.8, 4) is 11.5 Å². The number of thiophene rings is 1. The lowest BCUT2D eigenvalue weighted by Crippen LogP contribution is -2.10. The van der Waals surface area contributed by atoms with Crippen LogP contribution in [0.25, 0.3) is 0 Å². The van der Waals surface area contributed by atoms with Crippen LogP contribution in [0.2, 0.25) is 0 Å². The molecule has 0 bridgehead atoms. The summed E-state index contributed by atoms with van der Waals surface area (Å²) in [6, 6.07) is 8.37. The fourth-order valence-corrected chi connectivity index (χ4v) is 2.36. The molecule has 0 aliphatic rings. The van der Waals surface area contributed by atoms with Crippen molar-refractivity contribution < 1.29 is 14.6 Å². The predicted octanol–water partition coefficient (Wildman–Crippen LogP) is 2.85. The average molecular weight is 300 g/mol. The van der Waals surface area contributed by atoms with E-state index in [1.54, 1.807) is 23.5 Å². The lowest BCUT2D eigenvalue weighted by atomic mass is 10.1. The number of aromatic hydroxyl groups is 1. The molecule has 0 aliphatic carbocycles. The van der Waals surface area contributed by atoms with E-state index in [-0.39, 0.29) is 29.9 Å². The van der Waals surface area contributed by atoms with Gasteiger partial charge < -0.3 is 15.6 Å². The minimum absolute atomic E-state index is 0. The lowest BCUT2D eigenvalue weighted by Gasteiger charge is -2.12. The molecule has 2 rings (SSSR count). The Balaban J connectivity index is 0.00000180. The van der Waals surface area contributed by atoms with Crippen LogP contribution in [-0.2, 0) is 4.79 Å². The number of carbonyl (C=O) groups excluding carboxylic acids is 1. The fourth-order valence-electron chi connectivity index (χ4n) is 1.60. The van der Waals surface area contributed by atoms with E-state index in [0.717, 1.165) is 10.4 Å². The number of esters is 1. The maximum absolute atomic E-state index is 10.8. The lowest BCUT2D eigenvalue weighted by molar-refractivity contribution is -0.132. The zero-order valence-electron chi connectivity index (χ0n) is 10.2. The van der Waals surface area contributed by atoms with Crippen molar-refractivity contribution in [2.45, 2.75) is 13.0 Å². The van der Waals surface area contributed by atoms with Gasteiger partial charge in [-0.2, -0.15) is 0 Å². The maximum atomic E-state index is 10.8. The molecule has 0 saturated carbocycles. The molecule has 0 aliphatic heterocycles. The van der Waals surface area contributed by atoms with Crippen molar-refractivity contribution in [2.24, 2.45) is 5.73 Å². The summed E-state index contributed by atoms with van der Waals surface area (Å²) in [6.45, 7) is 1.28. The molecule has 1 heterocycles. The number of benzene rings is 1. The van der Waals surface area contributed by atoms with E-state index in [0.29, 0.717) is 0 Å². The first-order valence-electron chi connectivity index (χ1n) is 5.38. The highest BCUT2D eigenvalue weighted by Crippen LogP contribution is 2.31. The van der Waals surface area contributed by atoms with Crippen LogP contribution in [0.4, 0.5) is 0 Å². The smallest absolute Gasteiger partial charge is 0.308 e. The number of hydrogen-bond acceptors (Lipinski definition) is 5. The van der Waals surface area contributed by atoms with Gasteiger partial charge in [-0.3, -0.25) is 4.79 Å². The number of ether oxygens (including phenoxy) is 1. The van der Waals surface area contributed by atoms with Crippen molar-refractivity contribution >= 4 is 29.7 Å². The predicted molar refractivity (Wildman–Crippen MR) is 77.0 cm³/mol. The van der Waals surface area contributed by atoms with E-state index in [4.69, 9.17) is 10.5 Å². The van der Waals surface area contributed by atoms with E-state index in [1.807, 2.05) is 17.5 Å². The molecule has 1 aromatic carbocycles. The molecule has 1 aromatic heterocycles. The Bertz CT molecular complexity index is 557. The number of halogens is 1. The summed E-state index contributed by atoms with van der Waals surface area (Å²) < 4.78 is 4.84. The van der Waals surface area contributed by atoms with Crippen LogP contribution < -0.4 is 10.5 Å². The molecule has 2 aromatic rings. The third-order valence-electron chi connectivity index (χ3n) is 2.45. The van der Waals surface area contributed by atoms with E-state index >= 15 is 0 Å². The molecule has 1 atom stereocenters. The number of rotatable bonds is 3. The molecule has 6 heteroatoms. The van der Waals surface area contributed by atoms with Gasteiger partial charge in [-0.15, -0.1) is 23.7 Å². The Kier molecular flexibility index (Phi) is 5.35. The number of nitrogens with two attached hydrogens (primary N) is 1. The molecule has 4 nitrogen and oxygen atoms in total. The number of hydrogen-bond donors (Lipinski definition) is 2. The molecule has 3 N–H and O–H groups in total. The second-order valence-corrected chi connectivity index (χ2v) is 4.79. The summed E-state index contributed by atoms with van der Waals surface area (Å²) in [4.78, 5) is 11.8. The van der Waals surface area contributed by atoms with Crippen LogP contribution >= 0.6 is 23.7 Å². The molecule has 102 valence electrons. The van der Waals surface area contributed by atoms with Crippen LogP contribution in [0.5, 0.6) is 11.5 Å². The Morgan fingerprint density at radius 2 is 2.16 bits per heavy atom. The Morgan fingerprint density at radius 3 is 2.68 bits per heavy atom. The molecular formula is C13H14ClNO3S. The molecule has 0 saturated heterocycles. The van der Waals surface area contributed by atoms with Gasteiger partial charge in [0.25, 0.3) is 0 Å². The second kappa shape index (κ2) is 6.56. The summed E-state index contributed by atoms with van der Waals surface area (Å²) in [5.41, 5.74) is 6.84. The van der Waals surface area contributed by atoms with Crippen LogP contribution in [0, 0.1) is 0 Å². The van der Waals surface area contributed by atoms with Gasteiger partial charge in [-0.25, -0.2) is 0 Å². The first kappa shape index (κ1) is 15.5. The first-order valence-corrected chi connectivity index (χ1v) is 6.26. The van der Waals surface area contributed by atoms with Gasteiger partial charge in [-0.1, -0.05) is 12.1 Å². The monoisotopic (exact) mass is 299 g/mol. The van der Waals surface area contributed by atoms with E-state index in [9.17, 15) is 9.90 Å². The summed E-state index contributed by atoms with van der Waals surface area (Å²) in [5, 5.41) is 11.7. The SMILES string of the molecule is CC(=O)Oc1ccc([C@H](N)c2cccs2)cc1O.Cl. The molecular weight excluding hydrogens is 286 g/mol. The summed E-state index contributed by atoms with van der Waals surface area (Å²) in [6.07, 6.45) is 0. The first-order chi connectivity index (χ1) is 8.58. The van der Waals surface area contributed by atoms with Gasteiger partial charge in [0, 0.05) is 11.8 Å². The summed E-state index contributed by atoms with van der Waals surface area (Å²) in [7, 11) is 0. The highest BCUT2D eigenvalue weighted by Gasteiger charge is 2.13. The molecule has 0 amide bonds. The Morgan fingerprint density at radius 1 is 1.42 bits per heavy atom. The van der Waals surface area contributed by atoms with Crippen molar-refractivity contribution in [2.75, 3.05) is 0 Å².